The largest absolute Gasteiger partial charge is 0.489 e. The second kappa shape index (κ2) is 10.0. The molecule has 0 spiro atoms. The summed E-state index contributed by atoms with van der Waals surface area (Å²) in [6, 6.07) is 18.9. The molecule has 0 amide bonds. The zero-order valence-electron chi connectivity index (χ0n) is 20.1. The van der Waals surface area contributed by atoms with Crippen LogP contribution in [0, 0.1) is 11.3 Å². The molecule has 4 aromatic rings. The quantitative estimate of drug-likeness (QED) is 0.425. The van der Waals surface area contributed by atoms with Gasteiger partial charge in [-0.05, 0) is 41.5 Å². The highest BCUT2D eigenvalue weighted by atomic mass is 16.5. The van der Waals surface area contributed by atoms with E-state index in [1.165, 1.54) is 5.69 Å². The van der Waals surface area contributed by atoms with Gasteiger partial charge in [0.2, 0.25) is 0 Å². The SMILES string of the molecule is N#Cc1cc(-c2c[nH]c3ncc(-c4ccc(N5CCOCC5)cc4)cc23)ccc1OC1CCOCC1. The number of rotatable bonds is 5. The molecule has 1 N–H and O–H groups in total. The molecular weight excluding hydrogens is 452 g/mol. The molecule has 0 radical (unpaired) electrons. The summed E-state index contributed by atoms with van der Waals surface area (Å²) in [6.45, 7) is 4.78. The van der Waals surface area contributed by atoms with E-state index in [1.807, 2.05) is 30.6 Å². The van der Waals surface area contributed by atoms with E-state index in [2.05, 4.69) is 51.3 Å². The standard InChI is InChI=1S/C29H28N4O3/c30-17-22-15-21(3-6-28(22)36-25-7-11-34-12-8-25)27-19-32-29-26(27)16-23(18-31-29)20-1-4-24(5-2-20)33-9-13-35-14-10-33/h1-6,15-16,18-19,25H,7-14H2,(H,31,32). The van der Waals surface area contributed by atoms with Crippen LogP contribution in [0.1, 0.15) is 18.4 Å². The Labute approximate surface area is 210 Å². The first-order chi connectivity index (χ1) is 17.8. The lowest BCUT2D eigenvalue weighted by molar-refractivity contribution is 0.0254. The second-order valence-electron chi connectivity index (χ2n) is 9.22. The van der Waals surface area contributed by atoms with Gasteiger partial charge >= 0.3 is 0 Å². The van der Waals surface area contributed by atoms with Crippen LogP contribution in [-0.2, 0) is 9.47 Å². The minimum Gasteiger partial charge on any atom is -0.489 e. The number of aromatic nitrogens is 2. The van der Waals surface area contributed by atoms with Gasteiger partial charge in [0.25, 0.3) is 0 Å². The third-order valence-electron chi connectivity index (χ3n) is 6.98. The summed E-state index contributed by atoms with van der Waals surface area (Å²) in [5.74, 6) is 0.632. The summed E-state index contributed by atoms with van der Waals surface area (Å²) >= 11 is 0. The van der Waals surface area contributed by atoms with Crippen LogP contribution in [0.5, 0.6) is 5.75 Å². The Morgan fingerprint density at radius 2 is 1.67 bits per heavy atom. The normalized spacial score (nSPS) is 16.7. The first-order valence-electron chi connectivity index (χ1n) is 12.5. The highest BCUT2D eigenvalue weighted by Gasteiger charge is 2.18. The summed E-state index contributed by atoms with van der Waals surface area (Å²) < 4.78 is 17.0. The highest BCUT2D eigenvalue weighted by Crippen LogP contribution is 2.34. The number of pyridine rings is 1. The first kappa shape index (κ1) is 22.6. The molecule has 36 heavy (non-hydrogen) atoms. The molecule has 2 aromatic heterocycles. The first-order valence-corrected chi connectivity index (χ1v) is 12.5. The van der Waals surface area contributed by atoms with Gasteiger partial charge in [-0.15, -0.1) is 0 Å². The number of nitrogens with zero attached hydrogens (tertiary/aromatic N) is 3. The van der Waals surface area contributed by atoms with E-state index < -0.39 is 0 Å². The highest BCUT2D eigenvalue weighted by molar-refractivity contribution is 5.96. The van der Waals surface area contributed by atoms with Crippen LogP contribution in [0.4, 0.5) is 5.69 Å². The second-order valence-corrected chi connectivity index (χ2v) is 9.22. The fourth-order valence-electron chi connectivity index (χ4n) is 4.95. The van der Waals surface area contributed by atoms with Gasteiger partial charge in [0, 0.05) is 60.5 Å². The van der Waals surface area contributed by atoms with Crippen molar-refractivity contribution < 1.29 is 14.2 Å². The molecule has 182 valence electrons. The molecule has 0 unspecified atom stereocenters. The van der Waals surface area contributed by atoms with Gasteiger partial charge in [-0.2, -0.15) is 5.26 Å². The number of H-pyrrole nitrogens is 1. The van der Waals surface area contributed by atoms with Crippen LogP contribution in [-0.4, -0.2) is 55.6 Å². The molecule has 0 bridgehead atoms. The molecule has 2 aliphatic rings. The molecule has 0 saturated carbocycles. The lowest BCUT2D eigenvalue weighted by Crippen LogP contribution is -2.36. The lowest BCUT2D eigenvalue weighted by atomic mass is 10.0. The topological polar surface area (TPSA) is 83.4 Å². The third-order valence-corrected chi connectivity index (χ3v) is 6.98. The lowest BCUT2D eigenvalue weighted by Gasteiger charge is -2.28. The zero-order valence-corrected chi connectivity index (χ0v) is 20.1. The maximum atomic E-state index is 9.81. The van der Waals surface area contributed by atoms with E-state index in [-0.39, 0.29) is 6.10 Å². The summed E-state index contributed by atoms with van der Waals surface area (Å²) in [5, 5.41) is 10.8. The van der Waals surface area contributed by atoms with Crippen molar-refractivity contribution in [2.45, 2.75) is 18.9 Å². The smallest absolute Gasteiger partial charge is 0.137 e. The van der Waals surface area contributed by atoms with Crippen LogP contribution in [0.15, 0.2) is 60.9 Å². The number of ether oxygens (including phenoxy) is 3. The fourth-order valence-corrected chi connectivity index (χ4v) is 4.95. The van der Waals surface area contributed by atoms with Gasteiger partial charge in [0.15, 0.2) is 0 Å². The Bertz CT molecular complexity index is 1390. The van der Waals surface area contributed by atoms with E-state index in [4.69, 9.17) is 14.2 Å². The van der Waals surface area contributed by atoms with Crippen molar-refractivity contribution in [3.8, 4) is 34.1 Å². The number of benzene rings is 2. The van der Waals surface area contributed by atoms with Crippen molar-refractivity contribution >= 4 is 16.7 Å². The third kappa shape index (κ3) is 4.53. The number of hydrogen-bond donors (Lipinski definition) is 1. The van der Waals surface area contributed by atoms with Crippen molar-refractivity contribution in [2.24, 2.45) is 0 Å². The average Bonchev–Trinajstić information content (AvgIpc) is 3.38. The fraction of sp³-hybridized carbons (Fsp3) is 0.310. The van der Waals surface area contributed by atoms with Crippen LogP contribution in [0.3, 0.4) is 0 Å². The number of morpholine rings is 1. The maximum absolute atomic E-state index is 9.81. The van der Waals surface area contributed by atoms with Gasteiger partial charge in [0.1, 0.15) is 23.6 Å². The number of nitriles is 1. The monoisotopic (exact) mass is 480 g/mol. The summed E-state index contributed by atoms with van der Waals surface area (Å²) in [7, 11) is 0. The van der Waals surface area contributed by atoms with Crippen LogP contribution in [0.2, 0.25) is 0 Å². The van der Waals surface area contributed by atoms with Gasteiger partial charge in [-0.3, -0.25) is 0 Å². The van der Waals surface area contributed by atoms with Gasteiger partial charge in [-0.1, -0.05) is 18.2 Å². The summed E-state index contributed by atoms with van der Waals surface area (Å²) in [6.07, 6.45) is 5.63. The maximum Gasteiger partial charge on any atom is 0.137 e. The molecule has 2 fully saturated rings. The minimum atomic E-state index is 0.0891. The molecule has 7 heteroatoms. The van der Waals surface area contributed by atoms with E-state index in [0.717, 1.165) is 72.4 Å². The Morgan fingerprint density at radius 1 is 0.917 bits per heavy atom. The van der Waals surface area contributed by atoms with Crippen LogP contribution in [0.25, 0.3) is 33.3 Å². The van der Waals surface area contributed by atoms with E-state index in [1.54, 1.807) is 0 Å². The summed E-state index contributed by atoms with van der Waals surface area (Å²) in [5.41, 5.74) is 6.71. The van der Waals surface area contributed by atoms with Crippen molar-refractivity contribution in [3.05, 3.63) is 66.5 Å². The molecule has 0 atom stereocenters. The summed E-state index contributed by atoms with van der Waals surface area (Å²) in [4.78, 5) is 10.3. The zero-order chi connectivity index (χ0) is 24.3. The Hall–Kier alpha value is -3.86. The number of fused-ring (bicyclic) bond motifs is 1. The van der Waals surface area contributed by atoms with Gasteiger partial charge in [-0.25, -0.2) is 4.98 Å². The predicted molar refractivity (Wildman–Crippen MR) is 139 cm³/mol. The predicted octanol–water partition coefficient (Wildman–Crippen LogP) is 5.16. The molecule has 6 rings (SSSR count). The van der Waals surface area contributed by atoms with Gasteiger partial charge in [0.05, 0.1) is 32.0 Å². The molecule has 7 nitrogen and oxygen atoms in total. The number of nitrogens with one attached hydrogen (secondary N) is 1. The Morgan fingerprint density at radius 3 is 2.44 bits per heavy atom. The number of hydrogen-bond acceptors (Lipinski definition) is 6. The Kier molecular flexibility index (Phi) is 6.29. The molecule has 4 heterocycles. The minimum absolute atomic E-state index is 0.0891. The van der Waals surface area contributed by atoms with E-state index in [9.17, 15) is 5.26 Å². The van der Waals surface area contributed by atoms with Crippen molar-refractivity contribution in [2.75, 3.05) is 44.4 Å². The van der Waals surface area contributed by atoms with Crippen molar-refractivity contribution in [3.63, 3.8) is 0 Å². The van der Waals surface area contributed by atoms with Crippen LogP contribution >= 0.6 is 0 Å². The van der Waals surface area contributed by atoms with Crippen molar-refractivity contribution in [1.82, 2.24) is 9.97 Å². The van der Waals surface area contributed by atoms with E-state index in [0.29, 0.717) is 24.5 Å². The number of aromatic amines is 1. The molecule has 0 aliphatic carbocycles. The number of anilines is 1. The average molecular weight is 481 g/mol. The Balaban J connectivity index is 1.28. The van der Waals surface area contributed by atoms with Crippen molar-refractivity contribution in [1.29, 1.82) is 5.26 Å². The van der Waals surface area contributed by atoms with Crippen LogP contribution < -0.4 is 9.64 Å². The molecule has 2 saturated heterocycles. The van der Waals surface area contributed by atoms with E-state index >= 15 is 0 Å². The van der Waals surface area contributed by atoms with Gasteiger partial charge < -0.3 is 24.1 Å². The molecular formula is C29H28N4O3. The molecule has 2 aliphatic heterocycles. The molecule has 2 aromatic carbocycles.